The molecule has 2 atom stereocenters. The first-order chi connectivity index (χ1) is 7.70. The lowest BCUT2D eigenvalue weighted by Gasteiger charge is -2.31. The Bertz CT molecular complexity index is 285. The molecular weight excluding hydrogens is 224 g/mol. The standard InChI is InChI=1S/C12H22O5/c1-6-15-10(14)11(2,3)9(13)8-7-16-12(4,5)17-8/h8-9,13H,6-7H2,1-5H3. The number of rotatable bonds is 4. The fourth-order valence-corrected chi connectivity index (χ4v) is 1.77. The largest absolute Gasteiger partial charge is 0.466 e. The van der Waals surface area contributed by atoms with Crippen molar-refractivity contribution in [1.82, 2.24) is 0 Å². The Balaban J connectivity index is 2.69. The van der Waals surface area contributed by atoms with Gasteiger partial charge in [0, 0.05) is 0 Å². The van der Waals surface area contributed by atoms with E-state index in [1.54, 1.807) is 34.6 Å². The molecule has 100 valence electrons. The highest BCUT2D eigenvalue weighted by Crippen LogP contribution is 2.32. The van der Waals surface area contributed by atoms with Crippen LogP contribution in [-0.2, 0) is 19.0 Å². The number of carbonyl (C=O) groups excluding carboxylic acids is 1. The summed E-state index contributed by atoms with van der Waals surface area (Å²) in [6.45, 7) is 9.14. The summed E-state index contributed by atoms with van der Waals surface area (Å²) in [5.41, 5.74) is -1.01. The minimum absolute atomic E-state index is 0.275. The molecule has 1 heterocycles. The van der Waals surface area contributed by atoms with Crippen LogP contribution >= 0.6 is 0 Å². The molecule has 0 aromatic rings. The molecule has 0 spiro atoms. The zero-order chi connectivity index (χ0) is 13.3. The molecule has 1 N–H and O–H groups in total. The smallest absolute Gasteiger partial charge is 0.314 e. The zero-order valence-electron chi connectivity index (χ0n) is 11.1. The number of carbonyl (C=O) groups is 1. The molecular formula is C12H22O5. The second-order valence-electron chi connectivity index (χ2n) is 5.25. The third-order valence-corrected chi connectivity index (χ3v) is 2.92. The van der Waals surface area contributed by atoms with E-state index in [9.17, 15) is 9.90 Å². The van der Waals surface area contributed by atoms with E-state index in [-0.39, 0.29) is 6.61 Å². The molecule has 1 saturated heterocycles. The number of aliphatic hydroxyl groups excluding tert-OH is 1. The predicted octanol–water partition coefficient (Wildman–Crippen LogP) is 1.09. The lowest BCUT2D eigenvalue weighted by molar-refractivity contribution is -0.178. The van der Waals surface area contributed by atoms with E-state index in [4.69, 9.17) is 14.2 Å². The van der Waals surface area contributed by atoms with Crippen LogP contribution in [0, 0.1) is 5.41 Å². The maximum Gasteiger partial charge on any atom is 0.314 e. The van der Waals surface area contributed by atoms with Gasteiger partial charge in [0.05, 0.1) is 24.7 Å². The molecule has 0 saturated carbocycles. The van der Waals surface area contributed by atoms with Gasteiger partial charge in [0.25, 0.3) is 0 Å². The molecule has 5 nitrogen and oxygen atoms in total. The summed E-state index contributed by atoms with van der Waals surface area (Å²) in [5, 5.41) is 10.2. The summed E-state index contributed by atoms with van der Waals surface area (Å²) in [4.78, 5) is 11.7. The van der Waals surface area contributed by atoms with E-state index in [1.165, 1.54) is 0 Å². The molecule has 1 aliphatic rings. The number of esters is 1. The highest BCUT2D eigenvalue weighted by atomic mass is 16.7. The molecule has 0 radical (unpaired) electrons. The van der Waals surface area contributed by atoms with Crippen LogP contribution in [0.5, 0.6) is 0 Å². The number of ether oxygens (including phenoxy) is 3. The number of aliphatic hydroxyl groups is 1. The molecule has 2 unspecified atom stereocenters. The van der Waals surface area contributed by atoms with Gasteiger partial charge >= 0.3 is 5.97 Å². The number of hydrogen-bond acceptors (Lipinski definition) is 5. The quantitative estimate of drug-likeness (QED) is 0.752. The predicted molar refractivity (Wildman–Crippen MR) is 61.3 cm³/mol. The molecule has 0 aromatic heterocycles. The molecule has 1 rings (SSSR count). The third-order valence-electron chi connectivity index (χ3n) is 2.92. The topological polar surface area (TPSA) is 65.0 Å². The lowest BCUT2D eigenvalue weighted by Crippen LogP contribution is -2.47. The summed E-state index contributed by atoms with van der Waals surface area (Å²) in [6.07, 6.45) is -1.47. The summed E-state index contributed by atoms with van der Waals surface area (Å²) >= 11 is 0. The van der Waals surface area contributed by atoms with Gasteiger partial charge in [-0.25, -0.2) is 0 Å². The Morgan fingerprint density at radius 3 is 2.59 bits per heavy atom. The van der Waals surface area contributed by atoms with Gasteiger partial charge in [-0.1, -0.05) is 0 Å². The van der Waals surface area contributed by atoms with Crippen LogP contribution in [-0.4, -0.2) is 42.3 Å². The van der Waals surface area contributed by atoms with Crippen LogP contribution in [0.3, 0.4) is 0 Å². The minimum Gasteiger partial charge on any atom is -0.466 e. The third kappa shape index (κ3) is 3.18. The Hall–Kier alpha value is -0.650. The summed E-state index contributed by atoms with van der Waals surface area (Å²) in [6, 6.07) is 0. The molecule has 0 amide bonds. The minimum atomic E-state index is -1.01. The molecule has 0 aliphatic carbocycles. The molecule has 17 heavy (non-hydrogen) atoms. The van der Waals surface area contributed by atoms with Crippen molar-refractivity contribution in [3.05, 3.63) is 0 Å². The normalized spacial score (nSPS) is 25.6. The number of hydrogen-bond donors (Lipinski definition) is 1. The molecule has 0 aromatic carbocycles. The fourth-order valence-electron chi connectivity index (χ4n) is 1.77. The second kappa shape index (κ2) is 4.92. The van der Waals surface area contributed by atoms with Crippen molar-refractivity contribution < 1.29 is 24.1 Å². The molecule has 5 heteroatoms. The molecule has 1 fully saturated rings. The first kappa shape index (κ1) is 14.4. The average molecular weight is 246 g/mol. The Kier molecular flexibility index (Phi) is 4.17. The van der Waals surface area contributed by atoms with E-state index in [1.807, 2.05) is 0 Å². The Morgan fingerprint density at radius 2 is 2.18 bits per heavy atom. The molecule has 1 aliphatic heterocycles. The maximum absolute atomic E-state index is 11.7. The van der Waals surface area contributed by atoms with Crippen molar-refractivity contribution in [2.24, 2.45) is 5.41 Å². The summed E-state index contributed by atoms with van der Waals surface area (Å²) in [5.74, 6) is -1.14. The molecule has 0 bridgehead atoms. The first-order valence-corrected chi connectivity index (χ1v) is 5.88. The van der Waals surface area contributed by atoms with Crippen molar-refractivity contribution in [1.29, 1.82) is 0 Å². The van der Waals surface area contributed by atoms with Crippen LogP contribution in [0.25, 0.3) is 0 Å². The van der Waals surface area contributed by atoms with Crippen LogP contribution < -0.4 is 0 Å². The fraction of sp³-hybridized carbons (Fsp3) is 0.917. The van der Waals surface area contributed by atoms with Gasteiger partial charge in [-0.05, 0) is 34.6 Å². The van der Waals surface area contributed by atoms with Gasteiger partial charge in [-0.3, -0.25) is 4.79 Å². The monoisotopic (exact) mass is 246 g/mol. The summed E-state index contributed by atoms with van der Waals surface area (Å²) in [7, 11) is 0. The van der Waals surface area contributed by atoms with Crippen LogP contribution in [0.4, 0.5) is 0 Å². The van der Waals surface area contributed by atoms with Crippen molar-refractivity contribution in [3.8, 4) is 0 Å². The van der Waals surface area contributed by atoms with E-state index in [0.29, 0.717) is 6.61 Å². The van der Waals surface area contributed by atoms with E-state index < -0.39 is 29.4 Å². The van der Waals surface area contributed by atoms with Gasteiger partial charge in [0.1, 0.15) is 6.10 Å². The SMILES string of the molecule is CCOC(=O)C(C)(C)C(O)C1COC(C)(C)O1. The van der Waals surface area contributed by atoms with Gasteiger partial charge in [-0.2, -0.15) is 0 Å². The highest BCUT2D eigenvalue weighted by molar-refractivity contribution is 5.76. The summed E-state index contributed by atoms with van der Waals surface area (Å²) < 4.78 is 15.9. The van der Waals surface area contributed by atoms with Crippen LogP contribution in [0.2, 0.25) is 0 Å². The van der Waals surface area contributed by atoms with E-state index in [0.717, 1.165) is 0 Å². The van der Waals surface area contributed by atoms with Crippen molar-refractivity contribution >= 4 is 5.97 Å². The Labute approximate surface area is 102 Å². The van der Waals surface area contributed by atoms with Crippen molar-refractivity contribution in [2.75, 3.05) is 13.2 Å². The van der Waals surface area contributed by atoms with Gasteiger partial charge in [0.15, 0.2) is 5.79 Å². The lowest BCUT2D eigenvalue weighted by atomic mass is 9.83. The van der Waals surface area contributed by atoms with Crippen molar-refractivity contribution in [3.63, 3.8) is 0 Å². The zero-order valence-corrected chi connectivity index (χ0v) is 11.1. The van der Waals surface area contributed by atoms with Crippen LogP contribution in [0.1, 0.15) is 34.6 Å². The second-order valence-corrected chi connectivity index (χ2v) is 5.25. The van der Waals surface area contributed by atoms with Crippen LogP contribution in [0.15, 0.2) is 0 Å². The van der Waals surface area contributed by atoms with Gasteiger partial charge in [0.2, 0.25) is 0 Å². The first-order valence-electron chi connectivity index (χ1n) is 5.88. The average Bonchev–Trinajstić information content (AvgIpc) is 2.58. The van der Waals surface area contributed by atoms with Gasteiger partial charge in [-0.15, -0.1) is 0 Å². The van der Waals surface area contributed by atoms with Crippen molar-refractivity contribution in [2.45, 2.75) is 52.6 Å². The van der Waals surface area contributed by atoms with Gasteiger partial charge < -0.3 is 19.3 Å². The maximum atomic E-state index is 11.7. The van der Waals surface area contributed by atoms with E-state index >= 15 is 0 Å². The Morgan fingerprint density at radius 1 is 1.59 bits per heavy atom. The highest BCUT2D eigenvalue weighted by Gasteiger charge is 2.47. The van der Waals surface area contributed by atoms with E-state index in [2.05, 4.69) is 0 Å².